The van der Waals surface area contributed by atoms with Gasteiger partial charge in [-0.2, -0.15) is 0 Å². The Kier molecular flexibility index (Phi) is 6.83. The lowest BCUT2D eigenvalue weighted by molar-refractivity contribution is -0.139. The molecule has 0 aliphatic heterocycles. The molecule has 0 radical (unpaired) electrons. The first-order valence-corrected chi connectivity index (χ1v) is 12.6. The first-order chi connectivity index (χ1) is 14.3. The van der Waals surface area contributed by atoms with Crippen LogP contribution in [0.25, 0.3) is 0 Å². The monoisotopic (exact) mass is 424 g/mol. The van der Waals surface area contributed by atoms with Crippen molar-refractivity contribution in [3.63, 3.8) is 0 Å². The van der Waals surface area contributed by atoms with Crippen LogP contribution in [0, 0.1) is 0 Å². The number of rotatable bonds is 6. The summed E-state index contributed by atoms with van der Waals surface area (Å²) in [5, 5.41) is 12.5. The zero-order valence-corrected chi connectivity index (χ0v) is 19.4. The van der Waals surface area contributed by atoms with Crippen molar-refractivity contribution in [1.29, 1.82) is 0 Å². The average molecular weight is 425 g/mol. The number of aliphatic hydroxyl groups excluding tert-OH is 1. The van der Waals surface area contributed by atoms with Gasteiger partial charge in [0.15, 0.2) is 0 Å². The molecule has 2 aromatic rings. The molecule has 5 heteroatoms. The minimum absolute atomic E-state index is 0.217. The second kappa shape index (κ2) is 9.19. The Labute approximate surface area is 180 Å². The lowest BCUT2D eigenvalue weighted by atomic mass is 9.95. The SMILES string of the molecule is CCOC(=O)C1=C(O[Si](c2ccccc2)(c2ccccc2)C(C)(C)C)CC(O)CC1. The van der Waals surface area contributed by atoms with Gasteiger partial charge >= 0.3 is 14.3 Å². The van der Waals surface area contributed by atoms with Gasteiger partial charge in [0.1, 0.15) is 0 Å². The fourth-order valence-corrected chi connectivity index (χ4v) is 8.77. The normalized spacial score (nSPS) is 17.6. The number of aliphatic hydroxyl groups is 1. The molecule has 0 saturated carbocycles. The average Bonchev–Trinajstić information content (AvgIpc) is 2.72. The summed E-state index contributed by atoms with van der Waals surface area (Å²) in [5.41, 5.74) is 0.565. The van der Waals surface area contributed by atoms with E-state index >= 15 is 0 Å². The highest BCUT2D eigenvalue weighted by atomic mass is 28.4. The van der Waals surface area contributed by atoms with Crippen LogP contribution in [0.1, 0.15) is 47.0 Å². The predicted molar refractivity (Wildman–Crippen MR) is 122 cm³/mol. The van der Waals surface area contributed by atoms with Gasteiger partial charge in [0.05, 0.1) is 24.0 Å². The summed E-state index contributed by atoms with van der Waals surface area (Å²) in [5.74, 6) is 0.249. The summed E-state index contributed by atoms with van der Waals surface area (Å²) < 4.78 is 12.3. The van der Waals surface area contributed by atoms with Gasteiger partial charge in [-0.3, -0.25) is 0 Å². The maximum Gasteiger partial charge on any atom is 0.337 e. The lowest BCUT2D eigenvalue weighted by Gasteiger charge is -2.44. The minimum atomic E-state index is -2.85. The second-order valence-corrected chi connectivity index (χ2v) is 13.0. The highest BCUT2D eigenvalue weighted by Gasteiger charge is 2.53. The van der Waals surface area contributed by atoms with Crippen molar-refractivity contribution in [3.05, 3.63) is 72.0 Å². The summed E-state index contributed by atoms with van der Waals surface area (Å²) in [6.07, 6.45) is 0.824. The van der Waals surface area contributed by atoms with E-state index in [1.54, 1.807) is 6.92 Å². The number of ether oxygens (including phenoxy) is 1. The number of hydrogen-bond donors (Lipinski definition) is 1. The third-order valence-corrected chi connectivity index (χ3v) is 10.7. The molecule has 0 saturated heterocycles. The van der Waals surface area contributed by atoms with Crippen LogP contribution < -0.4 is 10.4 Å². The van der Waals surface area contributed by atoms with Gasteiger partial charge < -0.3 is 14.3 Å². The van der Waals surface area contributed by atoms with E-state index < -0.39 is 14.4 Å². The molecule has 0 spiro atoms. The summed E-state index contributed by atoms with van der Waals surface area (Å²) >= 11 is 0. The number of carbonyl (C=O) groups excluding carboxylic acids is 1. The first kappa shape index (κ1) is 22.3. The molecule has 4 nitrogen and oxygen atoms in total. The van der Waals surface area contributed by atoms with Crippen molar-refractivity contribution < 1.29 is 19.1 Å². The molecule has 0 aromatic heterocycles. The second-order valence-electron chi connectivity index (χ2n) is 8.78. The van der Waals surface area contributed by atoms with E-state index in [-0.39, 0.29) is 11.0 Å². The highest BCUT2D eigenvalue weighted by Crippen LogP contribution is 2.40. The van der Waals surface area contributed by atoms with E-state index in [0.29, 0.717) is 37.2 Å². The van der Waals surface area contributed by atoms with Gasteiger partial charge in [0.25, 0.3) is 0 Å². The number of carbonyl (C=O) groups is 1. The minimum Gasteiger partial charge on any atom is -0.537 e. The molecule has 1 unspecified atom stereocenters. The van der Waals surface area contributed by atoms with Crippen LogP contribution in [0.4, 0.5) is 0 Å². The summed E-state index contributed by atoms with van der Waals surface area (Å²) in [6.45, 7) is 8.71. The number of esters is 1. The first-order valence-electron chi connectivity index (χ1n) is 10.7. The fraction of sp³-hybridized carbons (Fsp3) is 0.400. The smallest absolute Gasteiger partial charge is 0.337 e. The van der Waals surface area contributed by atoms with Crippen molar-refractivity contribution in [2.24, 2.45) is 0 Å². The van der Waals surface area contributed by atoms with E-state index in [2.05, 4.69) is 45.0 Å². The van der Waals surface area contributed by atoms with E-state index in [1.807, 2.05) is 36.4 Å². The molecule has 160 valence electrons. The van der Waals surface area contributed by atoms with Gasteiger partial charge in [-0.05, 0) is 35.2 Å². The molecule has 1 aliphatic carbocycles. The Morgan fingerprint density at radius 2 is 1.57 bits per heavy atom. The topological polar surface area (TPSA) is 55.8 Å². The van der Waals surface area contributed by atoms with Crippen molar-refractivity contribution in [3.8, 4) is 0 Å². The zero-order valence-electron chi connectivity index (χ0n) is 18.4. The quantitative estimate of drug-likeness (QED) is 0.564. The fourth-order valence-electron chi connectivity index (χ4n) is 4.26. The Balaban J connectivity index is 2.23. The highest BCUT2D eigenvalue weighted by molar-refractivity contribution is 6.99. The lowest BCUT2D eigenvalue weighted by Crippen LogP contribution is -2.66. The molecule has 0 heterocycles. The molecule has 0 fully saturated rings. The van der Waals surface area contributed by atoms with E-state index in [4.69, 9.17) is 9.16 Å². The number of benzene rings is 2. The van der Waals surface area contributed by atoms with Crippen LogP contribution in [0.3, 0.4) is 0 Å². The van der Waals surface area contributed by atoms with E-state index in [0.717, 1.165) is 10.4 Å². The van der Waals surface area contributed by atoms with Gasteiger partial charge in [-0.15, -0.1) is 0 Å². The Bertz CT molecular complexity index is 845. The number of hydrogen-bond acceptors (Lipinski definition) is 4. The molecule has 1 aliphatic rings. The molecule has 1 N–H and O–H groups in total. The molecule has 0 bridgehead atoms. The summed E-state index contributed by atoms with van der Waals surface area (Å²) in [6, 6.07) is 20.6. The Hall–Kier alpha value is -2.37. The zero-order chi connectivity index (χ0) is 21.8. The van der Waals surface area contributed by atoms with Crippen LogP contribution in [0.2, 0.25) is 5.04 Å². The summed E-state index contributed by atoms with van der Waals surface area (Å²) in [4.78, 5) is 12.7. The molecule has 30 heavy (non-hydrogen) atoms. The van der Waals surface area contributed by atoms with Crippen LogP contribution in [0.5, 0.6) is 0 Å². The maximum atomic E-state index is 12.7. The van der Waals surface area contributed by atoms with Crippen LogP contribution in [-0.2, 0) is 14.0 Å². The van der Waals surface area contributed by atoms with Gasteiger partial charge in [-0.25, -0.2) is 4.79 Å². The van der Waals surface area contributed by atoms with E-state index in [1.165, 1.54) is 0 Å². The maximum absolute atomic E-state index is 12.7. The molecule has 2 aromatic carbocycles. The van der Waals surface area contributed by atoms with E-state index in [9.17, 15) is 9.90 Å². The Morgan fingerprint density at radius 3 is 2.03 bits per heavy atom. The largest absolute Gasteiger partial charge is 0.537 e. The molecule has 0 amide bonds. The predicted octanol–water partition coefficient (Wildman–Crippen LogP) is 3.93. The van der Waals surface area contributed by atoms with Crippen molar-refractivity contribution in [2.75, 3.05) is 6.61 Å². The van der Waals surface area contributed by atoms with Gasteiger partial charge in [0, 0.05) is 6.42 Å². The molecular formula is C25H32O4Si. The standard InChI is InChI=1S/C25H32O4Si/c1-5-28-24(27)22-17-16-19(26)18-23(22)29-30(25(2,3)4,20-12-8-6-9-13-20)21-14-10-7-11-15-21/h6-15,19,26H,5,16-18H2,1-4H3. The van der Waals surface area contributed by atoms with Crippen molar-refractivity contribution in [1.82, 2.24) is 0 Å². The van der Waals surface area contributed by atoms with Crippen LogP contribution >= 0.6 is 0 Å². The van der Waals surface area contributed by atoms with Crippen molar-refractivity contribution >= 4 is 24.7 Å². The third kappa shape index (κ3) is 4.37. The Morgan fingerprint density at radius 1 is 1.03 bits per heavy atom. The van der Waals surface area contributed by atoms with Crippen LogP contribution in [0.15, 0.2) is 72.0 Å². The van der Waals surface area contributed by atoms with Gasteiger partial charge in [0.2, 0.25) is 0 Å². The van der Waals surface area contributed by atoms with Crippen molar-refractivity contribution in [2.45, 2.75) is 58.1 Å². The van der Waals surface area contributed by atoms with Gasteiger partial charge in [-0.1, -0.05) is 81.4 Å². The molecule has 1 atom stereocenters. The molecule has 3 rings (SSSR count). The van der Waals surface area contributed by atoms with Crippen LogP contribution in [-0.4, -0.2) is 32.1 Å². The third-order valence-electron chi connectivity index (χ3n) is 5.70. The summed E-state index contributed by atoms with van der Waals surface area (Å²) in [7, 11) is -2.85. The molecular weight excluding hydrogens is 392 g/mol.